The summed E-state index contributed by atoms with van der Waals surface area (Å²) in [4.78, 5) is 18.0. The number of hydrogen-bond donors (Lipinski definition) is 3. The summed E-state index contributed by atoms with van der Waals surface area (Å²) in [5.41, 5.74) is 5.72. The number of nitrogens with zero attached hydrogens (tertiary/aromatic N) is 2. The van der Waals surface area contributed by atoms with Crippen molar-refractivity contribution < 1.29 is 15.0 Å². The first kappa shape index (κ1) is 14.2. The second kappa shape index (κ2) is 6.15. The molecule has 6 nitrogen and oxygen atoms in total. The first-order valence-electron chi connectivity index (χ1n) is 4.69. The Balaban J connectivity index is 2.74. The molecule has 0 aliphatic heterocycles. The summed E-state index contributed by atoms with van der Waals surface area (Å²) >= 11 is 6.42. The van der Waals surface area contributed by atoms with Crippen LogP contribution < -0.4 is 5.73 Å². The van der Waals surface area contributed by atoms with E-state index in [1.54, 1.807) is 0 Å². The minimum atomic E-state index is -1.25. The van der Waals surface area contributed by atoms with Gasteiger partial charge in [-0.15, -0.1) is 0 Å². The lowest BCUT2D eigenvalue weighted by Crippen LogP contribution is -2.23. The fourth-order valence-electron chi connectivity index (χ4n) is 1.11. The molecule has 0 radical (unpaired) electrons. The Hall–Kier alpha value is -0.890. The highest BCUT2D eigenvalue weighted by Crippen LogP contribution is 2.23. The van der Waals surface area contributed by atoms with Crippen molar-refractivity contribution >= 4 is 34.3 Å². The molecule has 0 aromatic carbocycles. The third-order valence-corrected chi connectivity index (χ3v) is 3.06. The van der Waals surface area contributed by atoms with Gasteiger partial charge >= 0.3 is 0 Å². The van der Waals surface area contributed by atoms with Crippen LogP contribution in [0.3, 0.4) is 0 Å². The van der Waals surface area contributed by atoms with E-state index in [-0.39, 0.29) is 27.5 Å². The van der Waals surface area contributed by atoms with Crippen molar-refractivity contribution in [1.29, 1.82) is 0 Å². The molecule has 0 saturated carbocycles. The molecule has 2 atom stereocenters. The van der Waals surface area contributed by atoms with E-state index in [0.717, 1.165) is 11.8 Å². The molecule has 0 amide bonds. The SMILES string of the molecule is CC(=O)SCC(O)C(O)c1cnc(Cl)nc1N. The number of nitrogen functional groups attached to an aromatic ring is 1. The molecule has 0 bridgehead atoms. The van der Waals surface area contributed by atoms with Gasteiger partial charge in [0.05, 0.1) is 6.10 Å². The molecule has 8 heteroatoms. The van der Waals surface area contributed by atoms with Crippen molar-refractivity contribution in [3.05, 3.63) is 17.0 Å². The minimum Gasteiger partial charge on any atom is -0.389 e. The van der Waals surface area contributed by atoms with E-state index in [2.05, 4.69) is 9.97 Å². The van der Waals surface area contributed by atoms with Crippen LogP contribution in [0.15, 0.2) is 6.20 Å². The van der Waals surface area contributed by atoms with Gasteiger partial charge in [-0.3, -0.25) is 4.79 Å². The molecule has 0 fully saturated rings. The number of aliphatic hydroxyl groups is 2. The van der Waals surface area contributed by atoms with Crippen molar-refractivity contribution in [2.24, 2.45) is 0 Å². The lowest BCUT2D eigenvalue weighted by atomic mass is 10.1. The number of carbonyl (C=O) groups is 1. The maximum absolute atomic E-state index is 10.7. The van der Waals surface area contributed by atoms with E-state index >= 15 is 0 Å². The van der Waals surface area contributed by atoms with Gasteiger partial charge < -0.3 is 15.9 Å². The van der Waals surface area contributed by atoms with Crippen molar-refractivity contribution in [1.82, 2.24) is 9.97 Å². The average molecular weight is 278 g/mol. The van der Waals surface area contributed by atoms with Crippen molar-refractivity contribution in [3.8, 4) is 0 Å². The Morgan fingerprint density at radius 1 is 1.65 bits per heavy atom. The van der Waals surface area contributed by atoms with Gasteiger partial charge in [-0.05, 0) is 11.6 Å². The quantitative estimate of drug-likeness (QED) is 0.683. The zero-order valence-electron chi connectivity index (χ0n) is 9.00. The Labute approximate surface area is 107 Å². The molecular weight excluding hydrogens is 266 g/mol. The number of thioether (sulfide) groups is 1. The predicted molar refractivity (Wildman–Crippen MR) is 65.6 cm³/mol. The fourth-order valence-corrected chi connectivity index (χ4v) is 1.84. The largest absolute Gasteiger partial charge is 0.389 e. The van der Waals surface area contributed by atoms with Gasteiger partial charge in [0.15, 0.2) is 5.12 Å². The number of aromatic nitrogens is 2. The normalized spacial score (nSPS) is 14.4. The predicted octanol–water partition coefficient (Wildman–Crippen LogP) is 0.386. The van der Waals surface area contributed by atoms with Gasteiger partial charge in [0.1, 0.15) is 11.9 Å². The smallest absolute Gasteiger partial charge is 0.224 e. The summed E-state index contributed by atoms with van der Waals surface area (Å²) in [6.07, 6.45) is -1.13. The van der Waals surface area contributed by atoms with E-state index in [4.69, 9.17) is 17.3 Å². The minimum absolute atomic E-state index is 0.00405. The molecule has 0 saturated heterocycles. The van der Waals surface area contributed by atoms with Gasteiger partial charge in [-0.25, -0.2) is 9.97 Å². The number of aliphatic hydroxyl groups excluding tert-OH is 2. The Bertz CT molecular complexity index is 418. The summed E-state index contributed by atoms with van der Waals surface area (Å²) in [6.45, 7) is 1.38. The molecular formula is C9H12ClN3O3S. The molecule has 1 aromatic rings. The van der Waals surface area contributed by atoms with Crippen LogP contribution in [0.5, 0.6) is 0 Å². The monoisotopic (exact) mass is 277 g/mol. The van der Waals surface area contributed by atoms with Crippen LogP contribution in [0.1, 0.15) is 18.6 Å². The van der Waals surface area contributed by atoms with Crippen LogP contribution in [0.2, 0.25) is 5.28 Å². The fraction of sp³-hybridized carbons (Fsp3) is 0.444. The van der Waals surface area contributed by atoms with Crippen molar-refractivity contribution in [2.45, 2.75) is 19.1 Å². The standard InChI is InChI=1S/C9H12ClN3O3S/c1-4(14)17-3-6(15)7(16)5-2-12-9(10)13-8(5)11/h2,6-7,15-16H,3H2,1H3,(H2,11,12,13). The van der Waals surface area contributed by atoms with E-state index in [1.807, 2.05) is 0 Å². The van der Waals surface area contributed by atoms with Crippen molar-refractivity contribution in [3.63, 3.8) is 0 Å². The topological polar surface area (TPSA) is 109 Å². The van der Waals surface area contributed by atoms with Gasteiger partial charge in [0.2, 0.25) is 5.28 Å². The Kier molecular flexibility index (Phi) is 5.13. The average Bonchev–Trinajstić information content (AvgIpc) is 2.25. The van der Waals surface area contributed by atoms with Crippen LogP contribution in [-0.2, 0) is 4.79 Å². The molecule has 0 aliphatic carbocycles. The molecule has 94 valence electrons. The first-order chi connectivity index (χ1) is 7.91. The zero-order valence-corrected chi connectivity index (χ0v) is 10.6. The maximum Gasteiger partial charge on any atom is 0.224 e. The van der Waals surface area contributed by atoms with E-state index in [1.165, 1.54) is 13.1 Å². The maximum atomic E-state index is 10.7. The van der Waals surface area contributed by atoms with E-state index < -0.39 is 12.2 Å². The third kappa shape index (κ3) is 4.12. The van der Waals surface area contributed by atoms with Crippen LogP contribution >= 0.6 is 23.4 Å². The number of halogens is 1. The molecule has 2 unspecified atom stereocenters. The van der Waals surface area contributed by atoms with Crippen LogP contribution in [-0.4, -0.2) is 37.2 Å². The van der Waals surface area contributed by atoms with Gasteiger partial charge in [0.25, 0.3) is 0 Å². The summed E-state index contributed by atoms with van der Waals surface area (Å²) in [6, 6.07) is 0. The number of nitrogens with two attached hydrogens (primary N) is 1. The summed E-state index contributed by atoms with van der Waals surface area (Å²) in [7, 11) is 0. The summed E-state index contributed by atoms with van der Waals surface area (Å²) in [5, 5.41) is 19.3. The molecule has 0 spiro atoms. The second-order valence-electron chi connectivity index (χ2n) is 3.29. The highest BCUT2D eigenvalue weighted by Gasteiger charge is 2.22. The molecule has 4 N–H and O–H groups in total. The van der Waals surface area contributed by atoms with Gasteiger partial charge in [0, 0.05) is 24.4 Å². The number of anilines is 1. The third-order valence-electron chi connectivity index (χ3n) is 1.96. The van der Waals surface area contributed by atoms with Crippen LogP contribution in [0.25, 0.3) is 0 Å². The Morgan fingerprint density at radius 3 is 2.82 bits per heavy atom. The van der Waals surface area contributed by atoms with E-state index in [0.29, 0.717) is 0 Å². The zero-order chi connectivity index (χ0) is 13.0. The first-order valence-corrected chi connectivity index (χ1v) is 6.05. The Morgan fingerprint density at radius 2 is 2.29 bits per heavy atom. The summed E-state index contributed by atoms with van der Waals surface area (Å²) in [5.74, 6) is 0.0721. The van der Waals surface area contributed by atoms with Crippen LogP contribution in [0.4, 0.5) is 5.82 Å². The van der Waals surface area contributed by atoms with Gasteiger partial charge in [-0.1, -0.05) is 11.8 Å². The van der Waals surface area contributed by atoms with Crippen LogP contribution in [0, 0.1) is 0 Å². The molecule has 17 heavy (non-hydrogen) atoms. The lowest BCUT2D eigenvalue weighted by Gasteiger charge is -2.17. The second-order valence-corrected chi connectivity index (χ2v) is 4.83. The van der Waals surface area contributed by atoms with Gasteiger partial charge in [-0.2, -0.15) is 0 Å². The lowest BCUT2D eigenvalue weighted by molar-refractivity contribution is -0.109. The summed E-state index contributed by atoms with van der Waals surface area (Å²) < 4.78 is 0. The molecule has 1 heterocycles. The number of rotatable bonds is 4. The molecule has 1 aromatic heterocycles. The van der Waals surface area contributed by atoms with E-state index in [9.17, 15) is 15.0 Å². The number of hydrogen-bond acceptors (Lipinski definition) is 7. The molecule has 1 rings (SSSR count). The number of carbonyl (C=O) groups excluding carboxylic acids is 1. The highest BCUT2D eigenvalue weighted by atomic mass is 35.5. The van der Waals surface area contributed by atoms with Crippen molar-refractivity contribution in [2.75, 3.05) is 11.5 Å². The molecule has 0 aliphatic rings. The highest BCUT2D eigenvalue weighted by molar-refractivity contribution is 8.13.